The summed E-state index contributed by atoms with van der Waals surface area (Å²) in [5.41, 5.74) is 7.62. The molecule has 136 valence electrons. The number of benzene rings is 2. The van der Waals surface area contributed by atoms with Crippen molar-refractivity contribution in [2.75, 3.05) is 18.5 Å². The van der Waals surface area contributed by atoms with E-state index < -0.39 is 0 Å². The van der Waals surface area contributed by atoms with Gasteiger partial charge in [0.25, 0.3) is 0 Å². The average Bonchev–Trinajstić information content (AvgIpc) is 2.57. The summed E-state index contributed by atoms with van der Waals surface area (Å²) >= 11 is 6.12. The SMILES string of the molecule is CCOc1ccc(OCC)c(NC(N)=NCc2ccccc2Cl)c1.I. The number of halogens is 2. The van der Waals surface area contributed by atoms with Gasteiger partial charge in [0.15, 0.2) is 5.96 Å². The Balaban J connectivity index is 0.00000312. The van der Waals surface area contributed by atoms with Crippen LogP contribution in [0.25, 0.3) is 0 Å². The normalized spacial score (nSPS) is 10.8. The first kappa shape index (κ1) is 21.4. The number of hydrogen-bond acceptors (Lipinski definition) is 3. The second-order valence-corrected chi connectivity index (χ2v) is 5.35. The molecular formula is C18H23ClIN3O2. The second-order valence-electron chi connectivity index (χ2n) is 4.94. The molecule has 7 heteroatoms. The first-order valence-corrected chi connectivity index (χ1v) is 8.21. The highest BCUT2D eigenvalue weighted by atomic mass is 127. The number of anilines is 1. The van der Waals surface area contributed by atoms with Gasteiger partial charge in [-0.3, -0.25) is 0 Å². The summed E-state index contributed by atoms with van der Waals surface area (Å²) in [6.07, 6.45) is 0. The van der Waals surface area contributed by atoms with Crippen LogP contribution in [0, 0.1) is 0 Å². The molecule has 0 saturated carbocycles. The molecule has 25 heavy (non-hydrogen) atoms. The standard InChI is InChI=1S/C18H22ClN3O2.HI/c1-3-23-14-9-10-17(24-4-2)16(11-14)22-18(20)21-12-13-7-5-6-8-15(13)19;/h5-11H,3-4,12H2,1-2H3,(H3,20,21,22);1H. The summed E-state index contributed by atoms with van der Waals surface area (Å²) in [7, 11) is 0. The molecule has 0 aliphatic carbocycles. The Morgan fingerprint density at radius 3 is 2.52 bits per heavy atom. The molecule has 0 radical (unpaired) electrons. The lowest BCUT2D eigenvalue weighted by atomic mass is 10.2. The molecule has 0 saturated heterocycles. The van der Waals surface area contributed by atoms with E-state index in [4.69, 9.17) is 26.8 Å². The van der Waals surface area contributed by atoms with Gasteiger partial charge >= 0.3 is 0 Å². The summed E-state index contributed by atoms with van der Waals surface area (Å²) in [5, 5.41) is 3.73. The summed E-state index contributed by atoms with van der Waals surface area (Å²) in [6, 6.07) is 13.1. The predicted octanol–water partition coefficient (Wildman–Crippen LogP) is 4.68. The molecule has 2 aromatic carbocycles. The van der Waals surface area contributed by atoms with Crippen molar-refractivity contribution in [1.29, 1.82) is 0 Å². The van der Waals surface area contributed by atoms with Crippen LogP contribution in [0.5, 0.6) is 11.5 Å². The molecule has 2 aromatic rings. The molecule has 0 atom stereocenters. The molecule has 0 amide bonds. The van der Waals surface area contributed by atoms with Crippen molar-refractivity contribution in [3.05, 3.63) is 53.1 Å². The lowest BCUT2D eigenvalue weighted by Crippen LogP contribution is -2.23. The van der Waals surface area contributed by atoms with Crippen molar-refractivity contribution in [3.63, 3.8) is 0 Å². The smallest absolute Gasteiger partial charge is 0.193 e. The minimum atomic E-state index is 0. The molecule has 0 aromatic heterocycles. The van der Waals surface area contributed by atoms with Crippen LogP contribution in [0.4, 0.5) is 5.69 Å². The minimum Gasteiger partial charge on any atom is -0.494 e. The van der Waals surface area contributed by atoms with E-state index in [0.29, 0.717) is 36.2 Å². The molecule has 0 fully saturated rings. The molecule has 0 heterocycles. The third kappa shape index (κ3) is 6.62. The van der Waals surface area contributed by atoms with E-state index in [1.54, 1.807) is 0 Å². The zero-order valence-electron chi connectivity index (χ0n) is 14.3. The number of hydrogen-bond donors (Lipinski definition) is 2. The van der Waals surface area contributed by atoms with Gasteiger partial charge in [0.1, 0.15) is 11.5 Å². The molecule has 2 rings (SSSR count). The van der Waals surface area contributed by atoms with Crippen molar-refractivity contribution in [3.8, 4) is 11.5 Å². The van der Waals surface area contributed by atoms with Crippen LogP contribution in [0.3, 0.4) is 0 Å². The number of rotatable bonds is 7. The van der Waals surface area contributed by atoms with Crippen LogP contribution in [-0.2, 0) is 6.54 Å². The van der Waals surface area contributed by atoms with Crippen molar-refractivity contribution in [2.45, 2.75) is 20.4 Å². The van der Waals surface area contributed by atoms with Gasteiger partial charge in [-0.1, -0.05) is 29.8 Å². The Morgan fingerprint density at radius 2 is 1.84 bits per heavy atom. The highest BCUT2D eigenvalue weighted by Crippen LogP contribution is 2.29. The molecule has 0 spiro atoms. The Labute approximate surface area is 170 Å². The fourth-order valence-electron chi connectivity index (χ4n) is 2.12. The molecule has 0 bridgehead atoms. The maximum Gasteiger partial charge on any atom is 0.193 e. The number of aliphatic imine (C=N–C) groups is 1. The number of nitrogens with one attached hydrogen (secondary N) is 1. The molecule has 3 N–H and O–H groups in total. The largest absolute Gasteiger partial charge is 0.494 e. The van der Waals surface area contributed by atoms with Crippen molar-refractivity contribution < 1.29 is 9.47 Å². The van der Waals surface area contributed by atoms with Gasteiger partial charge < -0.3 is 20.5 Å². The molecule has 5 nitrogen and oxygen atoms in total. The van der Waals surface area contributed by atoms with Crippen molar-refractivity contribution >= 4 is 47.2 Å². The average molecular weight is 476 g/mol. The Hall–Kier alpha value is -1.67. The third-order valence-electron chi connectivity index (χ3n) is 3.20. The molecule has 0 aliphatic rings. The van der Waals surface area contributed by atoms with E-state index in [1.807, 2.05) is 56.3 Å². The lowest BCUT2D eigenvalue weighted by Gasteiger charge is -2.14. The van der Waals surface area contributed by atoms with Crippen LogP contribution in [-0.4, -0.2) is 19.2 Å². The molecular weight excluding hydrogens is 453 g/mol. The van der Waals surface area contributed by atoms with E-state index in [9.17, 15) is 0 Å². The topological polar surface area (TPSA) is 68.9 Å². The predicted molar refractivity (Wildman–Crippen MR) is 115 cm³/mol. The highest BCUT2D eigenvalue weighted by Gasteiger charge is 2.07. The summed E-state index contributed by atoms with van der Waals surface area (Å²) in [4.78, 5) is 4.33. The van der Waals surface area contributed by atoms with E-state index >= 15 is 0 Å². The van der Waals surface area contributed by atoms with Crippen LogP contribution in [0.1, 0.15) is 19.4 Å². The van der Waals surface area contributed by atoms with Crippen molar-refractivity contribution in [2.24, 2.45) is 10.7 Å². The highest BCUT2D eigenvalue weighted by molar-refractivity contribution is 14.0. The van der Waals surface area contributed by atoms with Gasteiger partial charge in [-0.25, -0.2) is 4.99 Å². The number of nitrogens with two attached hydrogens (primary N) is 1. The Kier molecular flexibility index (Phi) is 9.44. The molecule has 0 unspecified atom stereocenters. The van der Waals surface area contributed by atoms with Gasteiger partial charge in [0.2, 0.25) is 0 Å². The summed E-state index contributed by atoms with van der Waals surface area (Å²) in [5.74, 6) is 1.71. The monoisotopic (exact) mass is 475 g/mol. The van der Waals surface area contributed by atoms with E-state index in [2.05, 4.69) is 10.3 Å². The minimum absolute atomic E-state index is 0. The summed E-state index contributed by atoms with van der Waals surface area (Å²) in [6.45, 7) is 5.40. The van der Waals surface area contributed by atoms with Gasteiger partial charge in [0, 0.05) is 11.1 Å². The van der Waals surface area contributed by atoms with E-state index in [1.165, 1.54) is 0 Å². The zero-order valence-corrected chi connectivity index (χ0v) is 17.4. The Morgan fingerprint density at radius 1 is 1.12 bits per heavy atom. The third-order valence-corrected chi connectivity index (χ3v) is 3.57. The first-order valence-electron chi connectivity index (χ1n) is 7.84. The summed E-state index contributed by atoms with van der Waals surface area (Å²) < 4.78 is 11.1. The second kappa shape index (κ2) is 11.0. The number of guanidine groups is 1. The van der Waals surface area contributed by atoms with Gasteiger partial charge in [0.05, 0.1) is 25.4 Å². The Bertz CT molecular complexity index is 710. The van der Waals surface area contributed by atoms with Crippen molar-refractivity contribution in [1.82, 2.24) is 0 Å². The maximum atomic E-state index is 6.12. The van der Waals surface area contributed by atoms with Crippen LogP contribution in [0.15, 0.2) is 47.5 Å². The quantitative estimate of drug-likeness (QED) is 0.346. The number of nitrogens with zero attached hydrogens (tertiary/aromatic N) is 1. The zero-order chi connectivity index (χ0) is 17.4. The lowest BCUT2D eigenvalue weighted by molar-refractivity contribution is 0.332. The van der Waals surface area contributed by atoms with Gasteiger partial charge in [-0.05, 0) is 37.6 Å². The molecule has 0 aliphatic heterocycles. The fraction of sp³-hybridized carbons (Fsp3) is 0.278. The van der Waals surface area contributed by atoms with Gasteiger partial charge in [-0.15, -0.1) is 24.0 Å². The number of ether oxygens (including phenoxy) is 2. The maximum absolute atomic E-state index is 6.12. The van der Waals surface area contributed by atoms with Gasteiger partial charge in [-0.2, -0.15) is 0 Å². The van der Waals surface area contributed by atoms with Crippen LogP contribution < -0.4 is 20.5 Å². The van der Waals surface area contributed by atoms with E-state index in [0.717, 1.165) is 11.3 Å². The fourth-order valence-corrected chi connectivity index (χ4v) is 2.31. The van der Waals surface area contributed by atoms with E-state index in [-0.39, 0.29) is 29.9 Å². The first-order chi connectivity index (χ1) is 11.6. The van der Waals surface area contributed by atoms with Crippen LogP contribution in [0.2, 0.25) is 5.02 Å². The van der Waals surface area contributed by atoms with Crippen LogP contribution >= 0.6 is 35.6 Å².